The second kappa shape index (κ2) is 11.0. The lowest BCUT2D eigenvalue weighted by Gasteiger charge is -2.26. The fourth-order valence-corrected chi connectivity index (χ4v) is 7.37. The number of nitrogens with zero attached hydrogens (tertiary/aromatic N) is 1. The molecule has 0 atom stereocenters. The fraction of sp³-hybridized carbons (Fsp3) is 0. The van der Waals surface area contributed by atoms with Crippen LogP contribution in [0.2, 0.25) is 0 Å². The normalized spacial score (nSPS) is 11.7. The van der Waals surface area contributed by atoms with Crippen molar-refractivity contribution in [2.45, 2.75) is 0 Å². The van der Waals surface area contributed by atoms with Crippen LogP contribution in [0.15, 0.2) is 185 Å². The van der Waals surface area contributed by atoms with Gasteiger partial charge >= 0.3 is 0 Å². The van der Waals surface area contributed by atoms with Gasteiger partial charge < -0.3 is 13.7 Å². The van der Waals surface area contributed by atoms with Gasteiger partial charge in [-0.1, -0.05) is 115 Å². The van der Waals surface area contributed by atoms with Crippen molar-refractivity contribution in [2.24, 2.45) is 0 Å². The topological polar surface area (TPSA) is 29.5 Å². The Kier molecular flexibility index (Phi) is 6.18. The van der Waals surface area contributed by atoms with E-state index in [-0.39, 0.29) is 0 Å². The molecule has 0 radical (unpaired) electrons. The molecule has 49 heavy (non-hydrogen) atoms. The molecule has 230 valence electrons. The molecule has 0 bridgehead atoms. The lowest BCUT2D eigenvalue weighted by atomic mass is 9.94. The van der Waals surface area contributed by atoms with E-state index in [9.17, 15) is 0 Å². The second-order valence-electron chi connectivity index (χ2n) is 12.5. The Labute approximate surface area is 282 Å². The number of fused-ring (bicyclic) bond motifs is 8. The zero-order valence-corrected chi connectivity index (χ0v) is 26.5. The van der Waals surface area contributed by atoms with Crippen LogP contribution in [0.1, 0.15) is 0 Å². The molecule has 8 aromatic carbocycles. The first kappa shape index (κ1) is 27.5. The molecule has 0 unspecified atom stereocenters. The summed E-state index contributed by atoms with van der Waals surface area (Å²) in [5, 5.41) is 6.95. The lowest BCUT2D eigenvalue weighted by Crippen LogP contribution is -2.10. The summed E-state index contributed by atoms with van der Waals surface area (Å²) in [6, 6.07) is 62.0. The SMILES string of the molecule is c1ccc(-c2cccc(N(c3ccc(-c4cc5oc6ccccc6c5c5ccccc45)cc3)c3ccc4c(c3)oc3ccccc34)c2)cc1. The molecule has 0 aliphatic rings. The van der Waals surface area contributed by atoms with E-state index in [1.807, 2.05) is 24.3 Å². The van der Waals surface area contributed by atoms with E-state index >= 15 is 0 Å². The van der Waals surface area contributed by atoms with E-state index in [1.165, 1.54) is 16.3 Å². The molecule has 2 aromatic heterocycles. The molecule has 0 saturated carbocycles. The molecule has 0 amide bonds. The number of benzene rings is 8. The highest BCUT2D eigenvalue weighted by Gasteiger charge is 2.18. The molecule has 2 heterocycles. The highest BCUT2D eigenvalue weighted by molar-refractivity contribution is 6.22. The van der Waals surface area contributed by atoms with Gasteiger partial charge in [0.1, 0.15) is 22.3 Å². The summed E-state index contributed by atoms with van der Waals surface area (Å²) < 4.78 is 12.7. The quantitative estimate of drug-likeness (QED) is 0.190. The van der Waals surface area contributed by atoms with Crippen LogP contribution in [0.5, 0.6) is 0 Å². The van der Waals surface area contributed by atoms with Crippen molar-refractivity contribution >= 4 is 71.7 Å². The first-order valence-electron chi connectivity index (χ1n) is 16.6. The van der Waals surface area contributed by atoms with E-state index in [0.29, 0.717) is 0 Å². The predicted molar refractivity (Wildman–Crippen MR) is 204 cm³/mol. The van der Waals surface area contributed by atoms with Gasteiger partial charge in [-0.2, -0.15) is 0 Å². The van der Waals surface area contributed by atoms with Crippen molar-refractivity contribution in [3.63, 3.8) is 0 Å². The van der Waals surface area contributed by atoms with E-state index in [1.54, 1.807) is 0 Å². The van der Waals surface area contributed by atoms with Gasteiger partial charge in [0.2, 0.25) is 0 Å². The van der Waals surface area contributed by atoms with Crippen molar-refractivity contribution in [3.05, 3.63) is 176 Å². The number of hydrogen-bond acceptors (Lipinski definition) is 3. The fourth-order valence-electron chi connectivity index (χ4n) is 7.37. The maximum atomic E-state index is 6.39. The van der Waals surface area contributed by atoms with E-state index in [0.717, 1.165) is 77.6 Å². The van der Waals surface area contributed by atoms with Crippen LogP contribution in [0.25, 0.3) is 76.9 Å². The zero-order valence-electron chi connectivity index (χ0n) is 26.5. The van der Waals surface area contributed by atoms with Crippen molar-refractivity contribution in [3.8, 4) is 22.3 Å². The van der Waals surface area contributed by atoms with Gasteiger partial charge in [0.25, 0.3) is 0 Å². The Balaban J connectivity index is 1.13. The molecule has 0 fully saturated rings. The maximum absolute atomic E-state index is 6.39. The van der Waals surface area contributed by atoms with E-state index in [4.69, 9.17) is 8.83 Å². The molecule has 3 nitrogen and oxygen atoms in total. The molecular weight excluding hydrogens is 599 g/mol. The van der Waals surface area contributed by atoms with Crippen molar-refractivity contribution in [1.82, 2.24) is 0 Å². The first-order valence-corrected chi connectivity index (χ1v) is 16.6. The summed E-state index contributed by atoms with van der Waals surface area (Å²) in [5.74, 6) is 0. The van der Waals surface area contributed by atoms with Crippen LogP contribution < -0.4 is 4.90 Å². The molecule has 0 N–H and O–H groups in total. The van der Waals surface area contributed by atoms with Gasteiger partial charge in [0, 0.05) is 44.7 Å². The Morgan fingerprint density at radius 1 is 0.306 bits per heavy atom. The summed E-state index contributed by atoms with van der Waals surface area (Å²) in [5.41, 5.74) is 11.3. The molecule has 3 heteroatoms. The van der Waals surface area contributed by atoms with Crippen LogP contribution >= 0.6 is 0 Å². The molecule has 0 saturated heterocycles. The number of hydrogen-bond donors (Lipinski definition) is 0. The third-order valence-electron chi connectivity index (χ3n) is 9.65. The number of para-hydroxylation sites is 2. The second-order valence-corrected chi connectivity index (χ2v) is 12.5. The molecule has 0 aliphatic heterocycles. The van der Waals surface area contributed by atoms with Gasteiger partial charge in [-0.25, -0.2) is 0 Å². The van der Waals surface area contributed by atoms with Gasteiger partial charge in [-0.05, 0) is 87.6 Å². The molecule has 10 rings (SSSR count). The van der Waals surface area contributed by atoms with E-state index in [2.05, 4.69) is 157 Å². The monoisotopic (exact) mass is 627 g/mol. The van der Waals surface area contributed by atoms with Crippen LogP contribution in [-0.2, 0) is 0 Å². The Bertz CT molecular complexity index is 2830. The third kappa shape index (κ3) is 4.51. The van der Waals surface area contributed by atoms with Crippen molar-refractivity contribution < 1.29 is 8.83 Å². The summed E-state index contributed by atoms with van der Waals surface area (Å²) in [7, 11) is 0. The van der Waals surface area contributed by atoms with Crippen LogP contribution in [0.4, 0.5) is 17.1 Å². The maximum Gasteiger partial charge on any atom is 0.137 e. The molecule has 0 aliphatic carbocycles. The smallest absolute Gasteiger partial charge is 0.137 e. The molecular formula is C46H29NO2. The number of furan rings is 2. The zero-order chi connectivity index (χ0) is 32.3. The highest BCUT2D eigenvalue weighted by atomic mass is 16.3. The van der Waals surface area contributed by atoms with Crippen LogP contribution in [0, 0.1) is 0 Å². The average Bonchev–Trinajstić information content (AvgIpc) is 3.73. The van der Waals surface area contributed by atoms with Crippen molar-refractivity contribution in [1.29, 1.82) is 0 Å². The Morgan fingerprint density at radius 3 is 1.71 bits per heavy atom. The Morgan fingerprint density at radius 2 is 0.898 bits per heavy atom. The minimum absolute atomic E-state index is 0.866. The summed E-state index contributed by atoms with van der Waals surface area (Å²) in [4.78, 5) is 2.31. The minimum atomic E-state index is 0.866. The minimum Gasteiger partial charge on any atom is -0.456 e. The molecule has 10 aromatic rings. The summed E-state index contributed by atoms with van der Waals surface area (Å²) in [6.45, 7) is 0. The number of anilines is 3. The molecule has 0 spiro atoms. The average molecular weight is 628 g/mol. The number of rotatable bonds is 5. The Hall–Kier alpha value is -6.58. The van der Waals surface area contributed by atoms with Crippen LogP contribution in [-0.4, -0.2) is 0 Å². The van der Waals surface area contributed by atoms with Gasteiger partial charge in [-0.15, -0.1) is 0 Å². The first-order chi connectivity index (χ1) is 24.3. The largest absolute Gasteiger partial charge is 0.456 e. The summed E-state index contributed by atoms with van der Waals surface area (Å²) >= 11 is 0. The lowest BCUT2D eigenvalue weighted by molar-refractivity contribution is 0.668. The summed E-state index contributed by atoms with van der Waals surface area (Å²) in [6.07, 6.45) is 0. The third-order valence-corrected chi connectivity index (χ3v) is 9.65. The van der Waals surface area contributed by atoms with Gasteiger partial charge in [-0.3, -0.25) is 0 Å². The van der Waals surface area contributed by atoms with Gasteiger partial charge in [0.05, 0.1) is 0 Å². The van der Waals surface area contributed by atoms with E-state index < -0.39 is 0 Å². The van der Waals surface area contributed by atoms with Gasteiger partial charge in [0.15, 0.2) is 0 Å². The van der Waals surface area contributed by atoms with Crippen molar-refractivity contribution in [2.75, 3.05) is 4.90 Å². The predicted octanol–water partition coefficient (Wildman–Crippen LogP) is 13.4. The van der Waals surface area contributed by atoms with Crippen LogP contribution in [0.3, 0.4) is 0 Å². The standard InChI is InChI=1S/C46H29NO2/c1-2-11-30(12-3-1)32-13-10-14-34(27-32)47(35-25-26-38-37-16-6-8-19-42(37)48-44(38)28-35)33-23-21-31(22-24-33)41-29-45-46(39-17-5-4-15-36(39)41)40-18-7-9-20-43(40)49-45/h1-29H. The highest BCUT2D eigenvalue weighted by Crippen LogP contribution is 2.43.